The lowest BCUT2D eigenvalue weighted by atomic mass is 10.1. The van der Waals surface area contributed by atoms with Crippen LogP contribution in [-0.4, -0.2) is 37.0 Å². The monoisotopic (exact) mass is 361 g/mol. The zero-order valence-corrected chi connectivity index (χ0v) is 14.8. The first kappa shape index (κ1) is 17.1. The van der Waals surface area contributed by atoms with E-state index in [1.165, 1.54) is 0 Å². The van der Waals surface area contributed by atoms with Crippen molar-refractivity contribution < 1.29 is 4.79 Å². The third kappa shape index (κ3) is 4.43. The van der Waals surface area contributed by atoms with Gasteiger partial charge in [-0.1, -0.05) is 53.5 Å². The molecule has 0 bridgehead atoms. The number of nitrogens with zero attached hydrogens (tertiary/aromatic N) is 2. The molecule has 125 valence electrons. The van der Waals surface area contributed by atoms with Crippen LogP contribution in [0.1, 0.15) is 12.0 Å². The molecule has 5 heteroatoms. The minimum Gasteiger partial charge on any atom is -0.368 e. The Morgan fingerprint density at radius 3 is 2.21 bits per heavy atom. The van der Waals surface area contributed by atoms with Crippen molar-refractivity contribution in [1.29, 1.82) is 0 Å². The number of hydrogen-bond acceptors (Lipinski definition) is 2. The normalized spacial score (nSPS) is 14.8. The Morgan fingerprint density at radius 1 is 0.958 bits per heavy atom. The highest BCUT2D eigenvalue weighted by atomic mass is 35.5. The molecular formula is C19H19Cl2N2O. The molecule has 0 atom stereocenters. The van der Waals surface area contributed by atoms with Gasteiger partial charge >= 0.3 is 0 Å². The van der Waals surface area contributed by atoms with Crippen molar-refractivity contribution in [2.75, 3.05) is 31.1 Å². The van der Waals surface area contributed by atoms with Gasteiger partial charge < -0.3 is 9.80 Å². The number of carbonyl (C=O) groups is 1. The van der Waals surface area contributed by atoms with E-state index < -0.39 is 0 Å². The molecule has 2 aromatic carbocycles. The summed E-state index contributed by atoms with van der Waals surface area (Å²) in [5, 5.41) is 1.27. The first-order valence-electron chi connectivity index (χ1n) is 7.99. The zero-order chi connectivity index (χ0) is 16.9. The Kier molecular flexibility index (Phi) is 5.64. The maximum atomic E-state index is 12.4. The smallest absolute Gasteiger partial charge is 0.223 e. The molecule has 1 fully saturated rings. The second-order valence-corrected chi connectivity index (χ2v) is 6.69. The number of piperazine rings is 1. The van der Waals surface area contributed by atoms with Gasteiger partial charge in [0.1, 0.15) is 0 Å². The molecule has 1 amide bonds. The van der Waals surface area contributed by atoms with Crippen LogP contribution in [0.25, 0.3) is 0 Å². The lowest BCUT2D eigenvalue weighted by Crippen LogP contribution is -2.48. The predicted octanol–water partition coefficient (Wildman–Crippen LogP) is 4.28. The molecule has 1 radical (unpaired) electrons. The van der Waals surface area contributed by atoms with Crippen LogP contribution in [-0.2, 0) is 4.79 Å². The van der Waals surface area contributed by atoms with Crippen molar-refractivity contribution >= 4 is 34.8 Å². The van der Waals surface area contributed by atoms with Crippen molar-refractivity contribution in [3.05, 3.63) is 70.6 Å². The fourth-order valence-electron chi connectivity index (χ4n) is 2.86. The first-order valence-corrected chi connectivity index (χ1v) is 8.74. The number of hydrogen-bond donors (Lipinski definition) is 0. The number of halogens is 2. The van der Waals surface area contributed by atoms with Gasteiger partial charge in [-0.25, -0.2) is 0 Å². The number of anilines is 1. The van der Waals surface area contributed by atoms with E-state index >= 15 is 0 Å². The van der Waals surface area contributed by atoms with E-state index in [9.17, 15) is 4.79 Å². The van der Waals surface area contributed by atoms with Crippen LogP contribution >= 0.6 is 23.2 Å². The maximum absolute atomic E-state index is 12.4. The molecule has 0 unspecified atom stereocenters. The molecule has 0 saturated carbocycles. The topological polar surface area (TPSA) is 23.6 Å². The van der Waals surface area contributed by atoms with E-state index in [0.717, 1.165) is 24.3 Å². The van der Waals surface area contributed by atoms with Gasteiger partial charge in [0.15, 0.2) is 0 Å². The van der Waals surface area contributed by atoms with E-state index in [1.54, 1.807) is 6.07 Å². The Labute approximate surface area is 152 Å². The van der Waals surface area contributed by atoms with E-state index in [0.29, 0.717) is 29.6 Å². The summed E-state index contributed by atoms with van der Waals surface area (Å²) in [6.45, 7) is 3.00. The fourth-order valence-corrected chi connectivity index (χ4v) is 3.37. The lowest BCUT2D eigenvalue weighted by Gasteiger charge is -2.36. The number of rotatable bonds is 4. The summed E-state index contributed by atoms with van der Waals surface area (Å²) in [5.41, 5.74) is 2.09. The van der Waals surface area contributed by atoms with Gasteiger partial charge in [0.2, 0.25) is 5.91 Å². The second kappa shape index (κ2) is 7.91. The van der Waals surface area contributed by atoms with Gasteiger partial charge in [-0.15, -0.1) is 0 Å². The largest absolute Gasteiger partial charge is 0.368 e. The molecule has 0 N–H and O–H groups in total. The minimum absolute atomic E-state index is 0.169. The molecule has 1 aliphatic heterocycles. The summed E-state index contributed by atoms with van der Waals surface area (Å²) in [6.07, 6.45) is 2.42. The summed E-state index contributed by atoms with van der Waals surface area (Å²) in [4.78, 5) is 16.5. The van der Waals surface area contributed by atoms with E-state index in [-0.39, 0.29) is 5.91 Å². The van der Waals surface area contributed by atoms with E-state index in [2.05, 4.69) is 4.90 Å². The first-order chi connectivity index (χ1) is 11.6. The van der Waals surface area contributed by atoms with Gasteiger partial charge in [0.25, 0.3) is 0 Å². The number of carbonyl (C=O) groups excluding carboxylic acids is 1. The van der Waals surface area contributed by atoms with Crippen molar-refractivity contribution in [3.8, 4) is 0 Å². The summed E-state index contributed by atoms with van der Waals surface area (Å²) < 4.78 is 0. The molecule has 0 spiro atoms. The van der Waals surface area contributed by atoms with Crippen molar-refractivity contribution in [1.82, 2.24) is 4.90 Å². The average molecular weight is 362 g/mol. The molecule has 2 aromatic rings. The predicted molar refractivity (Wildman–Crippen MR) is 99.7 cm³/mol. The van der Waals surface area contributed by atoms with Crippen molar-refractivity contribution in [2.24, 2.45) is 0 Å². The highest BCUT2D eigenvalue weighted by molar-refractivity contribution is 6.35. The number of benzene rings is 2. The van der Waals surface area contributed by atoms with Crippen LogP contribution in [0.15, 0.2) is 48.5 Å². The third-order valence-electron chi connectivity index (χ3n) is 4.16. The van der Waals surface area contributed by atoms with Gasteiger partial charge in [0.05, 0.1) is 0 Å². The number of amides is 1. The molecule has 1 aliphatic rings. The molecule has 0 aromatic heterocycles. The highest BCUT2D eigenvalue weighted by Crippen LogP contribution is 2.26. The van der Waals surface area contributed by atoms with Crippen LogP contribution < -0.4 is 4.90 Å². The minimum atomic E-state index is 0.169. The molecule has 3 nitrogen and oxygen atoms in total. The van der Waals surface area contributed by atoms with Crippen LogP contribution in [0.5, 0.6) is 0 Å². The SMILES string of the molecule is O=C(C[CH]c1ccccc1)N1CCN(c2cc(Cl)cc(Cl)c2)CC1. The summed E-state index contributed by atoms with van der Waals surface area (Å²) >= 11 is 12.1. The lowest BCUT2D eigenvalue weighted by molar-refractivity contribution is -0.130. The van der Waals surface area contributed by atoms with Crippen molar-refractivity contribution in [3.63, 3.8) is 0 Å². The quantitative estimate of drug-likeness (QED) is 0.810. The van der Waals surface area contributed by atoms with Gasteiger partial charge in [-0.2, -0.15) is 0 Å². The van der Waals surface area contributed by atoms with Crippen LogP contribution in [0, 0.1) is 6.42 Å². The third-order valence-corrected chi connectivity index (χ3v) is 4.59. The van der Waals surface area contributed by atoms with Crippen LogP contribution in [0.3, 0.4) is 0 Å². The van der Waals surface area contributed by atoms with E-state index in [4.69, 9.17) is 23.2 Å². The van der Waals surface area contributed by atoms with Crippen LogP contribution in [0.2, 0.25) is 10.0 Å². The highest BCUT2D eigenvalue weighted by Gasteiger charge is 2.21. The van der Waals surface area contributed by atoms with E-state index in [1.807, 2.05) is 53.8 Å². The summed E-state index contributed by atoms with van der Waals surface area (Å²) in [7, 11) is 0. The van der Waals surface area contributed by atoms with Gasteiger partial charge in [0, 0.05) is 48.3 Å². The maximum Gasteiger partial charge on any atom is 0.223 e. The standard InChI is InChI=1S/C19H19Cl2N2O/c20-16-12-17(21)14-18(13-16)22-8-10-23(11-9-22)19(24)7-6-15-4-2-1-3-5-15/h1-6,12-14H,7-11H2. The molecule has 0 aliphatic carbocycles. The van der Waals surface area contributed by atoms with Gasteiger partial charge in [-0.3, -0.25) is 4.79 Å². The molecule has 3 rings (SSSR count). The Hall–Kier alpha value is -1.71. The molecule has 1 heterocycles. The molecule has 1 saturated heterocycles. The Balaban J connectivity index is 1.52. The summed E-state index contributed by atoms with van der Waals surface area (Å²) in [5.74, 6) is 0.169. The van der Waals surface area contributed by atoms with Gasteiger partial charge in [-0.05, 0) is 30.2 Å². The van der Waals surface area contributed by atoms with Crippen LogP contribution in [0.4, 0.5) is 5.69 Å². The Morgan fingerprint density at radius 2 is 1.58 bits per heavy atom. The van der Waals surface area contributed by atoms with Crippen molar-refractivity contribution in [2.45, 2.75) is 6.42 Å². The fraction of sp³-hybridized carbons (Fsp3) is 0.263. The second-order valence-electron chi connectivity index (χ2n) is 5.81. The Bertz CT molecular complexity index is 678. The molecule has 24 heavy (non-hydrogen) atoms. The average Bonchev–Trinajstić information content (AvgIpc) is 2.60. The zero-order valence-electron chi connectivity index (χ0n) is 13.3. The molecular weight excluding hydrogens is 343 g/mol. The summed E-state index contributed by atoms with van der Waals surface area (Å²) in [6, 6.07) is 15.5.